The molecule has 1 aliphatic heterocycles. The zero-order valence-corrected chi connectivity index (χ0v) is 10.8. The average molecular weight is 272 g/mol. The Bertz CT molecular complexity index is 487. The van der Waals surface area contributed by atoms with Gasteiger partial charge >= 0.3 is 0 Å². The van der Waals surface area contributed by atoms with Gasteiger partial charge in [-0.25, -0.2) is 0 Å². The zero-order chi connectivity index (χ0) is 12.6. The monoisotopic (exact) mass is 271 g/mol. The Balaban J connectivity index is 2.25. The molecule has 0 radical (unpaired) electrons. The maximum atomic E-state index is 11.6. The fourth-order valence-corrected chi connectivity index (χ4v) is 2.22. The minimum Gasteiger partial charge on any atom is -0.328 e. The van der Waals surface area contributed by atoms with Crippen LogP contribution in [0.2, 0.25) is 10.0 Å². The Morgan fingerprint density at radius 1 is 1.24 bits per heavy atom. The van der Waals surface area contributed by atoms with E-state index in [0.29, 0.717) is 10.0 Å². The van der Waals surface area contributed by atoms with Gasteiger partial charge in [0.1, 0.15) is 0 Å². The molecule has 90 valence electrons. The van der Waals surface area contributed by atoms with Gasteiger partial charge < -0.3 is 4.90 Å². The number of benzene rings is 1. The van der Waals surface area contributed by atoms with E-state index in [9.17, 15) is 9.59 Å². The number of ketones is 1. The molecule has 1 aliphatic rings. The Morgan fingerprint density at radius 2 is 1.94 bits per heavy atom. The second-order valence-corrected chi connectivity index (χ2v) is 4.90. The molecule has 3 nitrogen and oxygen atoms in total. The maximum Gasteiger partial charge on any atom is 0.230 e. The molecule has 1 amide bonds. The molecule has 0 bridgehead atoms. The molecule has 1 fully saturated rings. The number of halogens is 2. The molecule has 17 heavy (non-hydrogen) atoms. The van der Waals surface area contributed by atoms with E-state index in [0.717, 1.165) is 5.56 Å². The summed E-state index contributed by atoms with van der Waals surface area (Å²) in [7, 11) is 0. The first kappa shape index (κ1) is 12.4. The molecule has 0 aliphatic carbocycles. The smallest absolute Gasteiger partial charge is 0.230 e. The number of carbonyl (C=O) groups is 2. The number of nitrogens with zero attached hydrogens (tertiary/aromatic N) is 1. The molecular formula is C12H11Cl2NO2. The molecule has 1 unspecified atom stereocenters. The third-order valence-electron chi connectivity index (χ3n) is 2.91. The summed E-state index contributed by atoms with van der Waals surface area (Å²) < 4.78 is 0. The van der Waals surface area contributed by atoms with Crippen molar-refractivity contribution >= 4 is 34.9 Å². The predicted octanol–water partition coefficient (Wildman–Crippen LogP) is 2.86. The van der Waals surface area contributed by atoms with Crippen LogP contribution >= 0.6 is 23.2 Å². The molecule has 1 aromatic rings. The number of rotatable bonds is 2. The number of hydrogen-bond donors (Lipinski definition) is 0. The van der Waals surface area contributed by atoms with Gasteiger partial charge in [0.15, 0.2) is 5.78 Å². The number of Topliss-reactive ketones (excluding diaryl/α,β-unsaturated/α-hetero) is 1. The lowest BCUT2D eigenvalue weighted by molar-refractivity contribution is -0.129. The van der Waals surface area contributed by atoms with Gasteiger partial charge in [0.2, 0.25) is 5.91 Å². The van der Waals surface area contributed by atoms with E-state index in [1.807, 2.05) is 13.0 Å². The summed E-state index contributed by atoms with van der Waals surface area (Å²) in [5.41, 5.74) is 0.877. The van der Waals surface area contributed by atoms with E-state index in [1.165, 1.54) is 0 Å². The number of carbonyl (C=O) groups excluding carboxylic acids is 2. The van der Waals surface area contributed by atoms with Crippen LogP contribution in [0.3, 0.4) is 0 Å². The van der Waals surface area contributed by atoms with Crippen LogP contribution in [0.25, 0.3) is 0 Å². The van der Waals surface area contributed by atoms with Crippen molar-refractivity contribution in [1.82, 2.24) is 4.90 Å². The van der Waals surface area contributed by atoms with E-state index in [4.69, 9.17) is 23.2 Å². The molecule has 0 aromatic heterocycles. The fraction of sp³-hybridized carbons (Fsp3) is 0.333. The van der Waals surface area contributed by atoms with Crippen molar-refractivity contribution in [1.29, 1.82) is 0 Å². The van der Waals surface area contributed by atoms with Gasteiger partial charge in [0, 0.05) is 0 Å². The Kier molecular flexibility index (Phi) is 3.40. The van der Waals surface area contributed by atoms with Gasteiger partial charge in [-0.05, 0) is 24.6 Å². The van der Waals surface area contributed by atoms with Crippen molar-refractivity contribution in [2.45, 2.75) is 19.4 Å². The van der Waals surface area contributed by atoms with Crippen molar-refractivity contribution in [3.63, 3.8) is 0 Å². The fourth-order valence-electron chi connectivity index (χ4n) is 1.91. The summed E-state index contributed by atoms with van der Waals surface area (Å²) in [6.45, 7) is 2.05. The average Bonchev–Trinajstić information content (AvgIpc) is 2.61. The van der Waals surface area contributed by atoms with Crippen molar-refractivity contribution in [2.75, 3.05) is 6.54 Å². The molecule has 0 N–H and O–H groups in total. The van der Waals surface area contributed by atoms with E-state index >= 15 is 0 Å². The van der Waals surface area contributed by atoms with Crippen molar-refractivity contribution in [3.8, 4) is 0 Å². The summed E-state index contributed by atoms with van der Waals surface area (Å²) in [5, 5.41) is 0.931. The number of likely N-dealkylation sites (tertiary alicyclic amines) is 1. The lowest BCUT2D eigenvalue weighted by atomic mass is 10.1. The predicted molar refractivity (Wildman–Crippen MR) is 66.2 cm³/mol. The van der Waals surface area contributed by atoms with Crippen LogP contribution in [0.4, 0.5) is 0 Å². The molecule has 0 saturated carbocycles. The lowest BCUT2D eigenvalue weighted by Crippen LogP contribution is -2.28. The molecule has 0 spiro atoms. The summed E-state index contributed by atoms with van der Waals surface area (Å²) in [5.74, 6) is -0.171. The molecule has 1 atom stereocenters. The van der Waals surface area contributed by atoms with Gasteiger partial charge in [-0.1, -0.05) is 29.3 Å². The lowest BCUT2D eigenvalue weighted by Gasteiger charge is -2.24. The first-order chi connectivity index (χ1) is 7.99. The van der Waals surface area contributed by atoms with Crippen LogP contribution in [-0.2, 0) is 9.59 Å². The molecule has 2 rings (SSSR count). The second-order valence-electron chi connectivity index (χ2n) is 4.09. The number of hydrogen-bond acceptors (Lipinski definition) is 2. The van der Waals surface area contributed by atoms with Crippen LogP contribution in [0.1, 0.15) is 24.9 Å². The van der Waals surface area contributed by atoms with Gasteiger partial charge in [-0.3, -0.25) is 9.59 Å². The zero-order valence-electron chi connectivity index (χ0n) is 9.24. The third kappa shape index (κ3) is 2.45. The summed E-state index contributed by atoms with van der Waals surface area (Å²) in [6.07, 6.45) is 0.00562. The summed E-state index contributed by atoms with van der Waals surface area (Å²) >= 11 is 11.8. The van der Waals surface area contributed by atoms with Crippen molar-refractivity contribution in [2.24, 2.45) is 0 Å². The minimum atomic E-state index is -0.163. The second kappa shape index (κ2) is 4.67. The quantitative estimate of drug-likeness (QED) is 0.776. The third-order valence-corrected chi connectivity index (χ3v) is 3.65. The van der Waals surface area contributed by atoms with Crippen LogP contribution in [0.15, 0.2) is 18.2 Å². The molecular weight excluding hydrogens is 261 g/mol. The van der Waals surface area contributed by atoms with Crippen LogP contribution < -0.4 is 0 Å². The Hall–Kier alpha value is -1.06. The van der Waals surface area contributed by atoms with Gasteiger partial charge in [-0.15, -0.1) is 0 Å². The van der Waals surface area contributed by atoms with Crippen LogP contribution in [-0.4, -0.2) is 23.1 Å². The standard InChI is InChI=1S/C12H11Cl2NO2/c1-7(15-6-9(16)5-12(15)17)8-2-3-10(13)11(14)4-8/h2-4,7H,5-6H2,1H3. The van der Waals surface area contributed by atoms with Crippen molar-refractivity contribution in [3.05, 3.63) is 33.8 Å². The largest absolute Gasteiger partial charge is 0.328 e. The highest BCUT2D eigenvalue weighted by Crippen LogP contribution is 2.29. The molecule has 1 aromatic carbocycles. The number of amides is 1. The Morgan fingerprint density at radius 3 is 2.47 bits per heavy atom. The highest BCUT2D eigenvalue weighted by molar-refractivity contribution is 6.42. The summed E-state index contributed by atoms with van der Waals surface area (Å²) in [6, 6.07) is 5.07. The molecule has 1 heterocycles. The van der Waals surface area contributed by atoms with E-state index < -0.39 is 0 Å². The van der Waals surface area contributed by atoms with Gasteiger partial charge in [-0.2, -0.15) is 0 Å². The normalized spacial score (nSPS) is 17.7. The molecule has 5 heteroatoms. The highest BCUT2D eigenvalue weighted by Gasteiger charge is 2.31. The molecule has 1 saturated heterocycles. The van der Waals surface area contributed by atoms with Gasteiger partial charge in [0.25, 0.3) is 0 Å². The first-order valence-electron chi connectivity index (χ1n) is 5.25. The Labute approximate surface area is 109 Å². The summed E-state index contributed by atoms with van der Waals surface area (Å²) in [4.78, 5) is 24.4. The van der Waals surface area contributed by atoms with Crippen molar-refractivity contribution < 1.29 is 9.59 Å². The van der Waals surface area contributed by atoms with Crippen LogP contribution in [0, 0.1) is 0 Å². The SMILES string of the molecule is CC(c1ccc(Cl)c(Cl)c1)N1CC(=O)CC1=O. The first-order valence-corrected chi connectivity index (χ1v) is 6.00. The van der Waals surface area contributed by atoms with E-state index in [-0.39, 0.29) is 30.7 Å². The van der Waals surface area contributed by atoms with Crippen LogP contribution in [0.5, 0.6) is 0 Å². The van der Waals surface area contributed by atoms with E-state index in [1.54, 1.807) is 17.0 Å². The maximum absolute atomic E-state index is 11.6. The topological polar surface area (TPSA) is 37.4 Å². The van der Waals surface area contributed by atoms with Gasteiger partial charge in [0.05, 0.1) is 29.1 Å². The highest BCUT2D eigenvalue weighted by atomic mass is 35.5. The minimum absolute atomic E-state index is 0.00562. The van der Waals surface area contributed by atoms with E-state index in [2.05, 4.69) is 0 Å².